The summed E-state index contributed by atoms with van der Waals surface area (Å²) in [4.78, 5) is 19.8. The van der Waals surface area contributed by atoms with E-state index in [9.17, 15) is 15.0 Å². The fraction of sp³-hybridized carbons (Fsp3) is 0.476. The molecule has 158 valence electrons. The molecule has 2 aliphatic rings. The highest BCUT2D eigenvalue weighted by Gasteiger charge is 2.29. The highest BCUT2D eigenvalue weighted by molar-refractivity contribution is 7.12. The van der Waals surface area contributed by atoms with Crippen molar-refractivity contribution in [3.63, 3.8) is 0 Å². The lowest BCUT2D eigenvalue weighted by Crippen LogP contribution is -2.42. The number of halogens is 1. The van der Waals surface area contributed by atoms with Gasteiger partial charge in [-0.15, -0.1) is 23.7 Å². The highest BCUT2D eigenvalue weighted by Crippen LogP contribution is 2.36. The van der Waals surface area contributed by atoms with Gasteiger partial charge in [0.25, 0.3) is 5.91 Å². The van der Waals surface area contributed by atoms with E-state index >= 15 is 0 Å². The molecular weight excluding hydrogens is 410 g/mol. The third-order valence-electron chi connectivity index (χ3n) is 5.52. The van der Waals surface area contributed by atoms with Crippen LogP contribution < -0.4 is 5.32 Å². The Balaban J connectivity index is 0.00000240. The minimum atomic E-state index is -0.188. The Hall–Kier alpha value is -1.80. The predicted molar refractivity (Wildman–Crippen MR) is 117 cm³/mol. The number of thiophene rings is 1. The number of benzene rings is 1. The van der Waals surface area contributed by atoms with Crippen LogP contribution in [0.2, 0.25) is 0 Å². The van der Waals surface area contributed by atoms with E-state index in [0.717, 1.165) is 32.7 Å². The number of phenols is 2. The van der Waals surface area contributed by atoms with Crippen LogP contribution in [0.25, 0.3) is 0 Å². The van der Waals surface area contributed by atoms with Crippen molar-refractivity contribution in [3.8, 4) is 11.5 Å². The van der Waals surface area contributed by atoms with Crippen molar-refractivity contribution in [1.29, 1.82) is 0 Å². The normalized spacial score (nSPS) is 16.7. The summed E-state index contributed by atoms with van der Waals surface area (Å²) in [6, 6.07) is 5.13. The van der Waals surface area contributed by atoms with Crippen molar-refractivity contribution >= 4 is 29.7 Å². The van der Waals surface area contributed by atoms with Crippen LogP contribution in [0.1, 0.15) is 51.0 Å². The van der Waals surface area contributed by atoms with Gasteiger partial charge in [0, 0.05) is 55.1 Å². The van der Waals surface area contributed by atoms with E-state index in [-0.39, 0.29) is 41.3 Å². The lowest BCUT2D eigenvalue weighted by atomic mass is 9.98. The molecule has 8 heteroatoms. The monoisotopic (exact) mass is 437 g/mol. The molecule has 1 aromatic carbocycles. The van der Waals surface area contributed by atoms with Crippen molar-refractivity contribution in [2.24, 2.45) is 0 Å². The summed E-state index contributed by atoms with van der Waals surface area (Å²) < 4.78 is 0. The molecule has 2 aliphatic heterocycles. The van der Waals surface area contributed by atoms with Crippen LogP contribution in [0.3, 0.4) is 0 Å². The number of hydrogen-bond donors (Lipinski definition) is 3. The van der Waals surface area contributed by atoms with Crippen LogP contribution >= 0.6 is 23.7 Å². The second-order valence-corrected chi connectivity index (χ2v) is 9.15. The van der Waals surface area contributed by atoms with Crippen molar-refractivity contribution in [2.45, 2.75) is 39.4 Å². The van der Waals surface area contributed by atoms with Crippen molar-refractivity contribution in [1.82, 2.24) is 15.1 Å². The average molecular weight is 438 g/mol. The summed E-state index contributed by atoms with van der Waals surface area (Å²) in [5.41, 5.74) is 2.15. The van der Waals surface area contributed by atoms with Gasteiger partial charge in [-0.05, 0) is 29.2 Å². The summed E-state index contributed by atoms with van der Waals surface area (Å²) in [6.45, 7) is 10.3. The van der Waals surface area contributed by atoms with Gasteiger partial charge in [-0.25, -0.2) is 0 Å². The number of carbonyl (C=O) groups is 1. The standard InChI is InChI=1S/C21H27N3O3S.ClH/c1-13(2)16-8-17(19(26)9-18(16)25)21(27)24-10-14-7-15(28-20(14)12-24)11-23-5-3-22-4-6-23;/h7-9,13,22,25-26H,3-6,10-12H2,1-2H3;1H. The maximum absolute atomic E-state index is 13.0. The number of fused-ring (bicyclic) bond motifs is 1. The number of nitrogens with zero attached hydrogens (tertiary/aromatic N) is 2. The molecule has 1 aromatic heterocycles. The Labute approximate surface area is 181 Å². The summed E-state index contributed by atoms with van der Waals surface area (Å²) in [5, 5.41) is 23.6. The Morgan fingerprint density at radius 3 is 2.52 bits per heavy atom. The van der Waals surface area contributed by atoms with Gasteiger partial charge < -0.3 is 20.4 Å². The molecule has 1 amide bonds. The second kappa shape index (κ2) is 8.92. The van der Waals surface area contributed by atoms with E-state index in [0.29, 0.717) is 18.7 Å². The summed E-state index contributed by atoms with van der Waals surface area (Å²) in [5.74, 6) is -0.255. The molecule has 6 nitrogen and oxygen atoms in total. The number of aromatic hydroxyl groups is 2. The zero-order valence-electron chi connectivity index (χ0n) is 16.8. The van der Waals surface area contributed by atoms with Gasteiger partial charge >= 0.3 is 0 Å². The molecule has 1 fully saturated rings. The number of hydrogen-bond acceptors (Lipinski definition) is 6. The zero-order chi connectivity index (χ0) is 19.8. The van der Waals surface area contributed by atoms with Gasteiger partial charge in [0.05, 0.1) is 12.1 Å². The third kappa shape index (κ3) is 4.53. The number of nitrogens with one attached hydrogen (secondary N) is 1. The molecule has 0 spiro atoms. The van der Waals surface area contributed by atoms with Crippen molar-refractivity contribution in [2.75, 3.05) is 26.2 Å². The Kier molecular flexibility index (Phi) is 6.73. The lowest BCUT2D eigenvalue weighted by Gasteiger charge is -2.26. The number of rotatable bonds is 4. The second-order valence-electron chi connectivity index (χ2n) is 7.93. The molecule has 0 bridgehead atoms. The molecule has 3 N–H and O–H groups in total. The Morgan fingerprint density at radius 1 is 1.14 bits per heavy atom. The molecule has 1 saturated heterocycles. The fourth-order valence-corrected chi connectivity index (χ4v) is 5.18. The molecule has 4 rings (SSSR count). The van der Waals surface area contributed by atoms with E-state index in [1.165, 1.54) is 21.4 Å². The molecule has 0 radical (unpaired) electrons. The maximum atomic E-state index is 13.0. The fourth-order valence-electron chi connectivity index (χ4n) is 3.94. The first-order valence-electron chi connectivity index (χ1n) is 9.81. The molecule has 2 aromatic rings. The molecule has 0 atom stereocenters. The quantitative estimate of drug-likeness (QED) is 0.684. The van der Waals surface area contributed by atoms with Crippen LogP contribution in [0.4, 0.5) is 0 Å². The zero-order valence-corrected chi connectivity index (χ0v) is 18.4. The summed E-state index contributed by atoms with van der Waals surface area (Å²) >= 11 is 1.79. The number of piperazine rings is 1. The minimum Gasteiger partial charge on any atom is -0.508 e. The first-order chi connectivity index (χ1) is 13.4. The van der Waals surface area contributed by atoms with Crippen LogP contribution in [-0.2, 0) is 19.6 Å². The van der Waals surface area contributed by atoms with Gasteiger partial charge in [-0.1, -0.05) is 13.8 Å². The SMILES string of the molecule is CC(C)c1cc(C(=O)N2Cc3cc(CN4CCNCC4)sc3C2)c(O)cc1O.Cl. The van der Waals surface area contributed by atoms with Crippen LogP contribution in [-0.4, -0.2) is 52.1 Å². The van der Waals surface area contributed by atoms with E-state index in [2.05, 4.69) is 16.3 Å². The topological polar surface area (TPSA) is 76.0 Å². The summed E-state index contributed by atoms with van der Waals surface area (Å²) in [7, 11) is 0. The van der Waals surface area contributed by atoms with Crippen LogP contribution in [0.15, 0.2) is 18.2 Å². The van der Waals surface area contributed by atoms with Gasteiger partial charge in [0.15, 0.2) is 0 Å². The minimum absolute atomic E-state index is 0. The molecule has 0 unspecified atom stereocenters. The lowest BCUT2D eigenvalue weighted by molar-refractivity contribution is 0.0748. The van der Waals surface area contributed by atoms with E-state index < -0.39 is 0 Å². The Bertz CT molecular complexity index is 870. The van der Waals surface area contributed by atoms with Gasteiger partial charge in [0.1, 0.15) is 11.5 Å². The van der Waals surface area contributed by atoms with Gasteiger partial charge in [-0.3, -0.25) is 9.69 Å². The largest absolute Gasteiger partial charge is 0.508 e. The molecule has 29 heavy (non-hydrogen) atoms. The number of carbonyl (C=O) groups excluding carboxylic acids is 1. The third-order valence-corrected chi connectivity index (χ3v) is 6.66. The maximum Gasteiger partial charge on any atom is 0.258 e. The average Bonchev–Trinajstić information content (AvgIpc) is 3.20. The smallest absolute Gasteiger partial charge is 0.258 e. The molecule has 3 heterocycles. The predicted octanol–water partition coefficient (Wildman–Crippen LogP) is 3.27. The number of phenolic OH excluding ortho intramolecular Hbond substituents is 2. The van der Waals surface area contributed by atoms with E-state index in [1.807, 2.05) is 13.8 Å². The molecule has 0 aliphatic carbocycles. The highest BCUT2D eigenvalue weighted by atomic mass is 35.5. The van der Waals surface area contributed by atoms with Crippen LogP contribution in [0, 0.1) is 0 Å². The summed E-state index contributed by atoms with van der Waals surface area (Å²) in [6.07, 6.45) is 0. The Morgan fingerprint density at radius 2 is 1.86 bits per heavy atom. The number of amides is 1. The van der Waals surface area contributed by atoms with E-state index in [4.69, 9.17) is 0 Å². The first-order valence-corrected chi connectivity index (χ1v) is 10.6. The first kappa shape index (κ1) is 21.9. The van der Waals surface area contributed by atoms with Crippen LogP contribution in [0.5, 0.6) is 11.5 Å². The van der Waals surface area contributed by atoms with E-state index in [1.54, 1.807) is 22.3 Å². The van der Waals surface area contributed by atoms with Crippen molar-refractivity contribution < 1.29 is 15.0 Å². The van der Waals surface area contributed by atoms with Crippen molar-refractivity contribution in [3.05, 3.63) is 44.6 Å². The molecule has 0 saturated carbocycles. The van der Waals surface area contributed by atoms with Gasteiger partial charge in [-0.2, -0.15) is 0 Å². The van der Waals surface area contributed by atoms with Gasteiger partial charge in [0.2, 0.25) is 0 Å². The molecular formula is C21H28ClN3O3S.